The summed E-state index contributed by atoms with van der Waals surface area (Å²) in [5.41, 5.74) is 3.15. The zero-order chi connectivity index (χ0) is 16.2. The van der Waals surface area contributed by atoms with Crippen LogP contribution in [0.5, 0.6) is 0 Å². The van der Waals surface area contributed by atoms with Gasteiger partial charge in [-0.15, -0.1) is 11.3 Å². The maximum Gasteiger partial charge on any atom is 0.228 e. The maximum atomic E-state index is 12.4. The Morgan fingerprint density at radius 1 is 1.48 bits per heavy atom. The summed E-state index contributed by atoms with van der Waals surface area (Å²) >= 11 is 1.58. The standard InChI is InChI=1S/C18H22N2O2S/c1-13-4-2-6-15(8-13)18-19-16(12-23-18)9-17(22)20-7-3-5-14(10-20)11-21/h2,4,6,8,12,14,21H,3,5,7,9-11H2,1H3. The molecule has 0 aliphatic carbocycles. The first-order chi connectivity index (χ1) is 11.2. The number of aliphatic hydroxyl groups excluding tert-OH is 1. The first-order valence-corrected chi connectivity index (χ1v) is 8.94. The smallest absolute Gasteiger partial charge is 0.228 e. The fraction of sp³-hybridized carbons (Fsp3) is 0.444. The van der Waals surface area contributed by atoms with Crippen molar-refractivity contribution in [2.24, 2.45) is 5.92 Å². The average Bonchev–Trinajstić information content (AvgIpc) is 3.03. The quantitative estimate of drug-likeness (QED) is 0.938. The van der Waals surface area contributed by atoms with Gasteiger partial charge in [0.05, 0.1) is 12.1 Å². The summed E-state index contributed by atoms with van der Waals surface area (Å²) in [4.78, 5) is 18.9. The second-order valence-corrected chi connectivity index (χ2v) is 7.08. The number of carbonyl (C=O) groups is 1. The summed E-state index contributed by atoms with van der Waals surface area (Å²) < 4.78 is 0. The lowest BCUT2D eigenvalue weighted by Crippen LogP contribution is -2.41. The van der Waals surface area contributed by atoms with E-state index in [0.717, 1.165) is 35.7 Å². The second-order valence-electron chi connectivity index (χ2n) is 6.22. The van der Waals surface area contributed by atoms with Crippen LogP contribution in [0.1, 0.15) is 24.1 Å². The molecule has 1 amide bonds. The van der Waals surface area contributed by atoms with Crippen molar-refractivity contribution in [3.63, 3.8) is 0 Å². The Morgan fingerprint density at radius 3 is 3.13 bits per heavy atom. The Kier molecular flexibility index (Phi) is 5.08. The van der Waals surface area contributed by atoms with Crippen LogP contribution in [-0.2, 0) is 11.2 Å². The van der Waals surface area contributed by atoms with Gasteiger partial charge in [-0.05, 0) is 31.7 Å². The number of amides is 1. The van der Waals surface area contributed by atoms with Crippen LogP contribution in [0.2, 0.25) is 0 Å². The summed E-state index contributed by atoms with van der Waals surface area (Å²) in [6.45, 7) is 3.70. The van der Waals surface area contributed by atoms with Gasteiger partial charge in [-0.3, -0.25) is 4.79 Å². The van der Waals surface area contributed by atoms with Gasteiger partial charge in [0.15, 0.2) is 0 Å². The molecule has 0 spiro atoms. The van der Waals surface area contributed by atoms with Gasteiger partial charge in [-0.2, -0.15) is 0 Å². The highest BCUT2D eigenvalue weighted by Gasteiger charge is 2.23. The first kappa shape index (κ1) is 16.1. The molecule has 2 heterocycles. The minimum atomic E-state index is 0.115. The highest BCUT2D eigenvalue weighted by atomic mass is 32.1. The zero-order valence-corrected chi connectivity index (χ0v) is 14.2. The maximum absolute atomic E-state index is 12.4. The third-order valence-electron chi connectivity index (χ3n) is 4.28. The number of thiazole rings is 1. The average molecular weight is 330 g/mol. The number of aliphatic hydroxyl groups is 1. The van der Waals surface area contributed by atoms with Crippen LogP contribution in [0.3, 0.4) is 0 Å². The molecule has 5 heteroatoms. The molecule has 1 unspecified atom stereocenters. The Morgan fingerprint density at radius 2 is 2.35 bits per heavy atom. The van der Waals surface area contributed by atoms with Crippen LogP contribution in [0.15, 0.2) is 29.6 Å². The van der Waals surface area contributed by atoms with Gasteiger partial charge >= 0.3 is 0 Å². The summed E-state index contributed by atoms with van der Waals surface area (Å²) in [7, 11) is 0. The molecular formula is C18H22N2O2S. The Hall–Kier alpha value is -1.72. The van der Waals surface area contributed by atoms with Crippen molar-refractivity contribution in [3.05, 3.63) is 40.9 Å². The van der Waals surface area contributed by atoms with E-state index in [1.165, 1.54) is 5.56 Å². The summed E-state index contributed by atoms with van der Waals surface area (Å²) in [5.74, 6) is 0.343. The number of aromatic nitrogens is 1. The predicted octanol–water partition coefficient (Wildman–Crippen LogP) is 2.89. The molecule has 1 saturated heterocycles. The largest absolute Gasteiger partial charge is 0.396 e. The molecule has 3 rings (SSSR count). The lowest BCUT2D eigenvalue weighted by Gasteiger charge is -2.31. The Bertz CT molecular complexity index is 683. The number of likely N-dealkylation sites (tertiary alicyclic amines) is 1. The highest BCUT2D eigenvalue weighted by Crippen LogP contribution is 2.25. The number of rotatable bonds is 4. The molecule has 0 saturated carbocycles. The number of aryl methyl sites for hydroxylation is 1. The van der Waals surface area contributed by atoms with Crippen LogP contribution in [0.4, 0.5) is 0 Å². The number of carbonyl (C=O) groups excluding carboxylic acids is 1. The number of nitrogens with zero attached hydrogens (tertiary/aromatic N) is 2. The van der Waals surface area contributed by atoms with Crippen LogP contribution >= 0.6 is 11.3 Å². The molecule has 23 heavy (non-hydrogen) atoms. The first-order valence-electron chi connectivity index (χ1n) is 8.06. The molecule has 1 aliphatic heterocycles. The van der Waals surface area contributed by atoms with Gasteiger partial charge in [0.1, 0.15) is 5.01 Å². The van der Waals surface area contributed by atoms with Crippen LogP contribution < -0.4 is 0 Å². The second kappa shape index (κ2) is 7.23. The van der Waals surface area contributed by atoms with Gasteiger partial charge in [0.2, 0.25) is 5.91 Å². The molecule has 122 valence electrons. The molecule has 1 aromatic carbocycles. The molecule has 2 aromatic rings. The number of hydrogen-bond acceptors (Lipinski definition) is 4. The lowest BCUT2D eigenvalue weighted by molar-refractivity contribution is -0.132. The van der Waals surface area contributed by atoms with Gasteiger partial charge in [-0.1, -0.05) is 23.8 Å². The van der Waals surface area contributed by atoms with E-state index in [1.807, 2.05) is 22.4 Å². The van der Waals surface area contributed by atoms with E-state index >= 15 is 0 Å². The Labute approximate surface area is 140 Å². The lowest BCUT2D eigenvalue weighted by atomic mass is 9.99. The van der Waals surface area contributed by atoms with Crippen molar-refractivity contribution >= 4 is 17.2 Å². The van der Waals surface area contributed by atoms with Crippen molar-refractivity contribution in [2.75, 3.05) is 19.7 Å². The van der Waals surface area contributed by atoms with Crippen molar-refractivity contribution < 1.29 is 9.90 Å². The molecule has 1 N–H and O–H groups in total. The van der Waals surface area contributed by atoms with E-state index in [9.17, 15) is 9.90 Å². The zero-order valence-electron chi connectivity index (χ0n) is 13.4. The molecule has 4 nitrogen and oxygen atoms in total. The fourth-order valence-corrected chi connectivity index (χ4v) is 3.82. The topological polar surface area (TPSA) is 53.4 Å². The SMILES string of the molecule is Cc1cccc(-c2nc(CC(=O)N3CCCC(CO)C3)cs2)c1. The van der Waals surface area contributed by atoms with E-state index in [1.54, 1.807) is 11.3 Å². The van der Waals surface area contributed by atoms with Gasteiger partial charge in [-0.25, -0.2) is 4.98 Å². The highest BCUT2D eigenvalue weighted by molar-refractivity contribution is 7.13. The van der Waals surface area contributed by atoms with E-state index in [0.29, 0.717) is 13.0 Å². The molecule has 1 fully saturated rings. The summed E-state index contributed by atoms with van der Waals surface area (Å²) in [5, 5.41) is 12.2. The van der Waals surface area contributed by atoms with Gasteiger partial charge < -0.3 is 10.0 Å². The molecule has 0 radical (unpaired) electrons. The number of piperidine rings is 1. The van der Waals surface area contributed by atoms with Crippen LogP contribution in [0.25, 0.3) is 10.6 Å². The minimum Gasteiger partial charge on any atom is -0.396 e. The van der Waals surface area contributed by atoms with Gasteiger partial charge in [0.25, 0.3) is 0 Å². The monoisotopic (exact) mass is 330 g/mol. The number of benzene rings is 1. The molecule has 1 atom stereocenters. The molecule has 0 bridgehead atoms. The number of hydrogen-bond donors (Lipinski definition) is 1. The van der Waals surface area contributed by atoms with Crippen molar-refractivity contribution in [1.29, 1.82) is 0 Å². The van der Waals surface area contributed by atoms with E-state index in [2.05, 4.69) is 24.0 Å². The van der Waals surface area contributed by atoms with Crippen molar-refractivity contribution in [3.8, 4) is 10.6 Å². The van der Waals surface area contributed by atoms with Crippen LogP contribution in [0, 0.1) is 12.8 Å². The van der Waals surface area contributed by atoms with E-state index in [4.69, 9.17) is 0 Å². The van der Waals surface area contributed by atoms with Gasteiger partial charge in [0, 0.05) is 30.6 Å². The third-order valence-corrected chi connectivity index (χ3v) is 5.22. The fourth-order valence-electron chi connectivity index (χ4n) is 3.01. The molecular weight excluding hydrogens is 308 g/mol. The normalized spacial score (nSPS) is 18.2. The van der Waals surface area contributed by atoms with Crippen LogP contribution in [-0.4, -0.2) is 40.6 Å². The minimum absolute atomic E-state index is 0.115. The van der Waals surface area contributed by atoms with E-state index < -0.39 is 0 Å². The molecule has 1 aromatic heterocycles. The summed E-state index contributed by atoms with van der Waals surface area (Å²) in [6, 6.07) is 8.25. The Balaban J connectivity index is 1.66. The third kappa shape index (κ3) is 3.98. The predicted molar refractivity (Wildman–Crippen MR) is 92.4 cm³/mol. The summed E-state index contributed by atoms with van der Waals surface area (Å²) in [6.07, 6.45) is 2.33. The van der Waals surface area contributed by atoms with Crippen molar-refractivity contribution in [1.82, 2.24) is 9.88 Å². The van der Waals surface area contributed by atoms with Crippen molar-refractivity contribution in [2.45, 2.75) is 26.2 Å². The molecule has 1 aliphatic rings. The van der Waals surface area contributed by atoms with E-state index in [-0.39, 0.29) is 18.4 Å².